The van der Waals surface area contributed by atoms with Crippen molar-refractivity contribution in [2.45, 2.75) is 187 Å². The molecule has 26 nitrogen and oxygen atoms in total. The number of carbonyl (C=O) groups is 9. The van der Waals surface area contributed by atoms with Crippen molar-refractivity contribution in [2.24, 2.45) is 35.3 Å². The van der Waals surface area contributed by atoms with Gasteiger partial charge in [0.25, 0.3) is 5.56 Å². The maximum atomic E-state index is 15.7. The van der Waals surface area contributed by atoms with E-state index >= 15 is 4.39 Å². The zero-order valence-corrected chi connectivity index (χ0v) is 58.1. The van der Waals surface area contributed by atoms with E-state index < -0.39 is 94.5 Å². The summed E-state index contributed by atoms with van der Waals surface area (Å²) in [4.78, 5) is 145. The van der Waals surface area contributed by atoms with E-state index in [0.29, 0.717) is 53.7 Å². The maximum absolute atomic E-state index is 15.7. The fraction of sp³-hybridized carbons (Fsp3) is 0.500. The molecule has 6 aliphatic rings. The van der Waals surface area contributed by atoms with E-state index in [9.17, 15) is 53.1 Å². The van der Waals surface area contributed by atoms with Crippen molar-refractivity contribution in [1.82, 2.24) is 50.7 Å². The van der Waals surface area contributed by atoms with E-state index in [0.717, 1.165) is 72.3 Å². The molecule has 0 bridgehead atoms. The Morgan fingerprint density at radius 1 is 0.822 bits per heavy atom. The molecule has 2 fully saturated rings. The average molecular weight is 1390 g/mol. The molecule has 6 aromatic rings. The number of ether oxygens (including phenoxy) is 2. The van der Waals surface area contributed by atoms with Gasteiger partial charge in [0.2, 0.25) is 47.3 Å². The number of likely N-dealkylation sites (tertiary alicyclic amines) is 1. The van der Waals surface area contributed by atoms with Crippen LogP contribution in [0.2, 0.25) is 0 Å². The number of rotatable bonds is 22. The Bertz CT molecular complexity index is 4450. The first-order valence-corrected chi connectivity index (χ1v) is 34.9. The number of esters is 1. The number of cyclic esters (lactones) is 1. The molecule has 12 rings (SSSR count). The number of primary amides is 2. The van der Waals surface area contributed by atoms with Crippen LogP contribution in [0.25, 0.3) is 44.8 Å². The number of halogens is 1. The summed E-state index contributed by atoms with van der Waals surface area (Å²) in [5.41, 5.74) is 14.9. The molecule has 3 aromatic heterocycles. The number of carbonyl (C=O) groups excluding carboxylic acids is 9. The fourth-order valence-corrected chi connectivity index (χ4v) is 15.8. The number of para-hydroxylation sites is 1. The number of aryl methyl sites for hydroxylation is 2. The highest BCUT2D eigenvalue weighted by atomic mass is 19.1. The number of aromatic nitrogens is 5. The lowest BCUT2D eigenvalue weighted by molar-refractivity contribution is -0.172. The molecule has 7 heterocycles. The number of benzene rings is 3. The number of amides is 8. The number of nitrogens with two attached hydrogens (primary N) is 2. The lowest BCUT2D eigenvalue weighted by Crippen LogP contribution is -2.55. The summed E-state index contributed by atoms with van der Waals surface area (Å²) in [6.07, 6.45) is 4.30. The van der Waals surface area contributed by atoms with Gasteiger partial charge in [0, 0.05) is 91.2 Å². The smallest absolute Gasteiger partial charge is 0.343 e. The van der Waals surface area contributed by atoms with Gasteiger partial charge in [-0.25, -0.2) is 18.9 Å². The number of hydrogen-bond donors (Lipinski definition) is 7. The number of nitrogens with one attached hydrogen (secondary N) is 4. The van der Waals surface area contributed by atoms with Crippen LogP contribution in [0.5, 0.6) is 0 Å². The lowest BCUT2D eigenvalue weighted by Gasteiger charge is -2.47. The van der Waals surface area contributed by atoms with E-state index in [1.54, 1.807) is 37.3 Å². The van der Waals surface area contributed by atoms with Crippen molar-refractivity contribution in [3.63, 3.8) is 0 Å². The summed E-state index contributed by atoms with van der Waals surface area (Å²) in [6.45, 7) is 12.1. The normalized spacial score (nSPS) is 18.8. The zero-order chi connectivity index (χ0) is 72.2. The molecule has 2 aliphatic carbocycles. The van der Waals surface area contributed by atoms with E-state index in [2.05, 4.69) is 31.6 Å². The molecular formula is C74H88FN13O13. The van der Waals surface area contributed by atoms with Crippen molar-refractivity contribution in [2.75, 3.05) is 31.1 Å². The number of anilines is 1. The molecule has 1 spiro atoms. The second-order valence-corrected chi connectivity index (χ2v) is 29.3. The number of aliphatic hydroxyl groups is 1. The molecule has 1 saturated heterocycles. The summed E-state index contributed by atoms with van der Waals surface area (Å²) < 4.78 is 30.4. The molecule has 101 heavy (non-hydrogen) atoms. The highest BCUT2D eigenvalue weighted by Gasteiger charge is 2.47. The molecule has 0 radical (unpaired) electrons. The van der Waals surface area contributed by atoms with Gasteiger partial charge < -0.3 is 61.7 Å². The van der Waals surface area contributed by atoms with Crippen LogP contribution in [0.15, 0.2) is 65.5 Å². The van der Waals surface area contributed by atoms with Crippen LogP contribution in [0.3, 0.4) is 0 Å². The van der Waals surface area contributed by atoms with Gasteiger partial charge in [-0.2, -0.15) is 0 Å². The fourth-order valence-electron chi connectivity index (χ4n) is 15.8. The predicted octanol–water partition coefficient (Wildman–Crippen LogP) is 5.66. The van der Waals surface area contributed by atoms with Gasteiger partial charge in [-0.15, -0.1) is 5.10 Å². The third-order valence-electron chi connectivity index (χ3n) is 21.9. The van der Waals surface area contributed by atoms with Crippen molar-refractivity contribution < 1.29 is 62.1 Å². The largest absolute Gasteiger partial charge is 0.458 e. The van der Waals surface area contributed by atoms with Crippen LogP contribution in [-0.2, 0) is 91.4 Å². The van der Waals surface area contributed by atoms with Crippen LogP contribution < -0.4 is 43.2 Å². The van der Waals surface area contributed by atoms with Crippen molar-refractivity contribution in [3.05, 3.63) is 116 Å². The quantitative estimate of drug-likeness (QED) is 0.0403. The average Bonchev–Trinajstić information content (AvgIpc) is 1.60. The van der Waals surface area contributed by atoms with E-state index in [-0.39, 0.29) is 122 Å². The third-order valence-corrected chi connectivity index (χ3v) is 21.9. The molecule has 4 aliphatic heterocycles. The van der Waals surface area contributed by atoms with Crippen LogP contribution in [0, 0.1) is 29.5 Å². The van der Waals surface area contributed by atoms with Crippen molar-refractivity contribution in [1.29, 1.82) is 0 Å². The number of piperidine rings is 1. The number of hydrogen-bond acceptors (Lipinski definition) is 16. The van der Waals surface area contributed by atoms with E-state index in [1.807, 2.05) is 74.3 Å². The van der Waals surface area contributed by atoms with Gasteiger partial charge in [0.1, 0.15) is 30.2 Å². The van der Waals surface area contributed by atoms with Crippen LogP contribution in [0.1, 0.15) is 169 Å². The highest BCUT2D eigenvalue weighted by Crippen LogP contribution is 2.49. The molecular weight excluding hydrogens is 1300 g/mol. The summed E-state index contributed by atoms with van der Waals surface area (Å²) in [5, 5.41) is 31.9. The molecule has 27 heteroatoms. The van der Waals surface area contributed by atoms with E-state index in [4.69, 9.17) is 25.9 Å². The minimum absolute atomic E-state index is 0.00614. The Labute approximate surface area is 583 Å². The van der Waals surface area contributed by atoms with Crippen LogP contribution >= 0.6 is 0 Å². The Morgan fingerprint density at radius 2 is 1.50 bits per heavy atom. The second kappa shape index (κ2) is 28.0. The maximum Gasteiger partial charge on any atom is 0.343 e. The van der Waals surface area contributed by atoms with Gasteiger partial charge in [-0.05, 0) is 131 Å². The molecule has 9 N–H and O–H groups in total. The molecule has 3 aromatic carbocycles. The summed E-state index contributed by atoms with van der Waals surface area (Å²) in [5.74, 6) is -6.20. The first kappa shape index (κ1) is 71.1. The molecule has 534 valence electrons. The minimum Gasteiger partial charge on any atom is -0.458 e. The first-order chi connectivity index (χ1) is 48.0. The number of nitrogens with zero attached hydrogens (tertiary/aromatic N) is 7. The van der Waals surface area contributed by atoms with Crippen LogP contribution in [-0.4, -0.2) is 132 Å². The van der Waals surface area contributed by atoms with Gasteiger partial charge in [0.15, 0.2) is 5.60 Å². The summed E-state index contributed by atoms with van der Waals surface area (Å²) in [6, 6.07) is 14.3. The lowest BCUT2D eigenvalue weighted by atomic mass is 9.65. The van der Waals surface area contributed by atoms with Gasteiger partial charge >= 0.3 is 5.97 Å². The Morgan fingerprint density at radius 3 is 2.21 bits per heavy atom. The van der Waals surface area contributed by atoms with Gasteiger partial charge in [-0.3, -0.25) is 43.2 Å². The first-order valence-electron chi connectivity index (χ1n) is 34.9. The zero-order valence-electron chi connectivity index (χ0n) is 58.1. The molecule has 4 unspecified atom stereocenters. The van der Waals surface area contributed by atoms with Crippen molar-refractivity contribution in [3.8, 4) is 33.9 Å². The second-order valence-electron chi connectivity index (χ2n) is 29.3. The van der Waals surface area contributed by atoms with E-state index in [1.165, 1.54) is 16.7 Å². The standard InChI is InChI=1S/C74H88FN13O13/c1-8-74(99)48-33-55-62-46(38-88(55)68(96)47(48)39-100-70(74)98)61-50(18-17-43-40(2)49(75)34-51(80-62)60(43)61)81-67(95)53(36-57(77)90)82-66(94)52(35-56(76)89)79-58(91)21-23-72(5,6)101-32-28-71(3,4)69(97)86-30-26-73(27-31-86)24-19-41(20-25-73)65(93)78-29-22-59(92)87-37-42-13-9-10-14-44(42)63-64(85(7)84-83-63)45-15-11-12-16-54(45)87/h9-16,33-34,41,50,52-53,99H,8,17-32,35-39H2,1-7H3,(H2,76,89)(H2,77,90)(H,78,93)(H,79,91)(H,81,95)(H,82,94). The summed E-state index contributed by atoms with van der Waals surface area (Å²) in [7, 11) is 1.84. The summed E-state index contributed by atoms with van der Waals surface area (Å²) >= 11 is 0. The molecule has 1 saturated carbocycles. The molecule has 4 atom stereocenters. The Balaban J connectivity index is 0.604. The highest BCUT2D eigenvalue weighted by molar-refractivity contribution is 6.01. The predicted molar refractivity (Wildman–Crippen MR) is 368 cm³/mol. The van der Waals surface area contributed by atoms with Crippen molar-refractivity contribution >= 4 is 69.8 Å². The number of pyridine rings is 2. The number of fused-ring (bicyclic) bond motifs is 10. The van der Waals surface area contributed by atoms with Crippen LogP contribution in [0.4, 0.5) is 10.1 Å². The SMILES string of the molecule is CCC1(O)C(=O)OCc2c1cc1n(c2=O)Cc2c-1nc1cc(F)c(C)c3c1c2C(NC(=O)C(CC(N)=O)NC(=O)C(CC(N)=O)NC(=O)CCC(C)(C)OCCC(C)(C)C(=O)N1CCC2(CCC(C(=O)NCCC(=O)N4Cc5ccccc5-c5nnn(C)c5-c5ccccc54)CC2)CC1)CC3. The topological polar surface area (TPSA) is 365 Å². The Kier molecular flexibility index (Phi) is 19.7. The molecule has 8 amide bonds. The minimum atomic E-state index is -2.12. The monoisotopic (exact) mass is 1390 g/mol. The third kappa shape index (κ3) is 14.0. The van der Waals surface area contributed by atoms with Gasteiger partial charge in [-0.1, -0.05) is 68.4 Å². The Hall–Kier alpha value is -9.76. The van der Waals surface area contributed by atoms with Gasteiger partial charge in [0.05, 0.1) is 71.4 Å².